The van der Waals surface area contributed by atoms with E-state index in [2.05, 4.69) is 25.9 Å². The molecule has 2 aromatic rings. The van der Waals surface area contributed by atoms with E-state index in [1.165, 1.54) is 6.20 Å². The van der Waals surface area contributed by atoms with Crippen LogP contribution in [0.1, 0.15) is 32.9 Å². The molecule has 3 rings (SSSR count). The first-order valence-corrected chi connectivity index (χ1v) is 6.20. The SMILES string of the molecule is [2H]c1cnc(N)c2c(Br)nc(C3CC(C)(O)C3)n12. The second kappa shape index (κ2) is 3.43. The van der Waals surface area contributed by atoms with Crippen molar-refractivity contribution in [2.75, 3.05) is 5.73 Å². The Labute approximate surface area is 108 Å². The van der Waals surface area contributed by atoms with Gasteiger partial charge in [-0.25, -0.2) is 9.97 Å². The number of aliphatic hydroxyl groups is 1. The third-order valence-corrected chi connectivity index (χ3v) is 3.78. The lowest BCUT2D eigenvalue weighted by Crippen LogP contribution is -2.40. The Hall–Kier alpha value is -1.14. The van der Waals surface area contributed by atoms with Gasteiger partial charge in [-0.1, -0.05) is 0 Å². The monoisotopic (exact) mass is 297 g/mol. The van der Waals surface area contributed by atoms with Crippen LogP contribution in [0, 0.1) is 0 Å². The van der Waals surface area contributed by atoms with Gasteiger partial charge in [0, 0.05) is 18.3 Å². The number of imidazole rings is 1. The third kappa shape index (κ3) is 1.63. The molecule has 0 atom stereocenters. The topological polar surface area (TPSA) is 76.4 Å². The number of nitrogens with two attached hydrogens (primary N) is 1. The molecule has 0 spiro atoms. The molecule has 0 unspecified atom stereocenters. The van der Waals surface area contributed by atoms with Gasteiger partial charge in [-0.15, -0.1) is 0 Å². The van der Waals surface area contributed by atoms with Crippen LogP contribution in [0.15, 0.2) is 17.0 Å². The Morgan fingerprint density at radius 3 is 3.06 bits per heavy atom. The minimum Gasteiger partial charge on any atom is -0.390 e. The summed E-state index contributed by atoms with van der Waals surface area (Å²) in [4.78, 5) is 8.39. The van der Waals surface area contributed by atoms with Crippen molar-refractivity contribution in [2.24, 2.45) is 0 Å². The molecule has 0 amide bonds. The van der Waals surface area contributed by atoms with E-state index in [1.54, 1.807) is 4.40 Å². The first kappa shape index (κ1) is 9.85. The van der Waals surface area contributed by atoms with Crippen LogP contribution in [-0.2, 0) is 0 Å². The van der Waals surface area contributed by atoms with Gasteiger partial charge in [-0.3, -0.25) is 4.40 Å². The van der Waals surface area contributed by atoms with Crippen LogP contribution in [0.4, 0.5) is 5.82 Å². The summed E-state index contributed by atoms with van der Waals surface area (Å²) in [6.45, 7) is 1.81. The highest BCUT2D eigenvalue weighted by molar-refractivity contribution is 9.10. The summed E-state index contributed by atoms with van der Waals surface area (Å²) in [5.74, 6) is 1.27. The van der Waals surface area contributed by atoms with Crippen LogP contribution < -0.4 is 5.73 Å². The predicted molar refractivity (Wildman–Crippen MR) is 67.7 cm³/mol. The van der Waals surface area contributed by atoms with Gasteiger partial charge in [-0.05, 0) is 35.7 Å². The quantitative estimate of drug-likeness (QED) is 0.840. The van der Waals surface area contributed by atoms with Gasteiger partial charge >= 0.3 is 0 Å². The molecule has 6 heteroatoms. The molecule has 1 aliphatic rings. The minimum atomic E-state index is -0.621. The minimum absolute atomic E-state index is 0.157. The van der Waals surface area contributed by atoms with Gasteiger partial charge in [0.1, 0.15) is 15.9 Å². The van der Waals surface area contributed by atoms with Crippen LogP contribution in [0.2, 0.25) is 0 Å². The van der Waals surface area contributed by atoms with Crippen LogP contribution >= 0.6 is 15.9 Å². The molecule has 1 fully saturated rings. The van der Waals surface area contributed by atoms with E-state index in [0.717, 1.165) is 5.82 Å². The maximum absolute atomic E-state index is 9.82. The standard InChI is InChI=1S/C11H13BrN4O/c1-11(17)4-6(5-11)10-15-8(12)7-9(13)14-2-3-16(7)10/h2-3,6,17H,4-5H2,1H3,(H2,13,14)/i3D. The van der Waals surface area contributed by atoms with Gasteiger partial charge in [0.05, 0.1) is 6.97 Å². The average molecular weight is 298 g/mol. The maximum atomic E-state index is 9.82. The van der Waals surface area contributed by atoms with Crippen LogP contribution in [0.5, 0.6) is 0 Å². The van der Waals surface area contributed by atoms with Gasteiger partial charge in [0.2, 0.25) is 0 Å². The number of halogens is 1. The molecule has 90 valence electrons. The average Bonchev–Trinajstić information content (AvgIpc) is 2.59. The summed E-state index contributed by atoms with van der Waals surface area (Å²) in [6.07, 6.45) is 2.97. The van der Waals surface area contributed by atoms with Crippen LogP contribution in [-0.4, -0.2) is 25.1 Å². The zero-order valence-corrected chi connectivity index (χ0v) is 10.9. The predicted octanol–water partition coefficient (Wildman–Crippen LogP) is 1.70. The smallest absolute Gasteiger partial charge is 0.150 e. The first-order chi connectivity index (χ1) is 8.39. The Bertz CT molecular complexity index is 631. The van der Waals surface area contributed by atoms with Gasteiger partial charge < -0.3 is 10.8 Å². The molecule has 0 saturated heterocycles. The van der Waals surface area contributed by atoms with E-state index in [4.69, 9.17) is 7.10 Å². The number of fused-ring (bicyclic) bond motifs is 1. The van der Waals surface area contributed by atoms with E-state index >= 15 is 0 Å². The van der Waals surface area contributed by atoms with Crippen molar-refractivity contribution < 1.29 is 6.48 Å². The Kier molecular flexibility index (Phi) is 1.99. The molecular formula is C11H13BrN4O. The van der Waals surface area contributed by atoms with Gasteiger partial charge in [0.25, 0.3) is 0 Å². The highest BCUT2D eigenvalue weighted by Crippen LogP contribution is 2.44. The third-order valence-electron chi connectivity index (χ3n) is 3.23. The van der Waals surface area contributed by atoms with Crippen molar-refractivity contribution in [3.05, 3.63) is 22.8 Å². The Morgan fingerprint density at radius 2 is 2.41 bits per heavy atom. The lowest BCUT2D eigenvalue weighted by Gasteiger charge is -2.40. The second-order valence-corrected chi connectivity index (χ2v) is 5.57. The fourth-order valence-corrected chi connectivity index (χ4v) is 3.00. The number of hydrogen-bond acceptors (Lipinski definition) is 4. The molecule has 5 nitrogen and oxygen atoms in total. The molecule has 1 aliphatic carbocycles. The molecular weight excluding hydrogens is 284 g/mol. The number of nitrogens with zero attached hydrogens (tertiary/aromatic N) is 3. The Balaban J connectivity index is 2.17. The van der Waals surface area contributed by atoms with Crippen molar-refractivity contribution in [2.45, 2.75) is 31.3 Å². The number of anilines is 1. The summed E-state index contributed by atoms with van der Waals surface area (Å²) >= 11 is 3.36. The van der Waals surface area contributed by atoms with E-state index in [0.29, 0.717) is 28.8 Å². The summed E-state index contributed by atoms with van der Waals surface area (Å²) in [7, 11) is 0. The summed E-state index contributed by atoms with van der Waals surface area (Å²) in [6, 6.07) is 0. The first-order valence-electron chi connectivity index (χ1n) is 5.90. The lowest BCUT2D eigenvalue weighted by molar-refractivity contribution is -0.0335. The van der Waals surface area contributed by atoms with Gasteiger partial charge in [0.15, 0.2) is 5.82 Å². The van der Waals surface area contributed by atoms with Crippen molar-refractivity contribution in [3.8, 4) is 0 Å². The van der Waals surface area contributed by atoms with E-state index in [9.17, 15) is 5.11 Å². The molecule has 1 saturated carbocycles. The molecule has 0 bridgehead atoms. The highest BCUT2D eigenvalue weighted by Gasteiger charge is 2.41. The zero-order chi connectivity index (χ0) is 13.1. The maximum Gasteiger partial charge on any atom is 0.150 e. The number of rotatable bonds is 1. The number of hydrogen-bond donors (Lipinski definition) is 2. The fraction of sp³-hybridized carbons (Fsp3) is 0.455. The molecule has 3 N–H and O–H groups in total. The van der Waals surface area contributed by atoms with Gasteiger partial charge in [-0.2, -0.15) is 0 Å². The normalized spacial score (nSPS) is 29.1. The van der Waals surface area contributed by atoms with Crippen molar-refractivity contribution in [1.82, 2.24) is 14.4 Å². The summed E-state index contributed by atoms with van der Waals surface area (Å²) in [5.41, 5.74) is 5.82. The fourth-order valence-electron chi connectivity index (χ4n) is 2.44. The van der Waals surface area contributed by atoms with Crippen LogP contribution in [0.3, 0.4) is 0 Å². The largest absolute Gasteiger partial charge is 0.390 e. The molecule has 0 aliphatic heterocycles. The summed E-state index contributed by atoms with van der Waals surface area (Å²) in [5, 5.41) is 9.82. The molecule has 2 heterocycles. The molecule has 0 radical (unpaired) electrons. The van der Waals surface area contributed by atoms with E-state index < -0.39 is 5.60 Å². The number of nitrogen functional groups attached to an aromatic ring is 1. The second-order valence-electron chi connectivity index (χ2n) is 4.82. The zero-order valence-electron chi connectivity index (χ0n) is 10.3. The summed E-state index contributed by atoms with van der Waals surface area (Å²) < 4.78 is 10.2. The highest BCUT2D eigenvalue weighted by atomic mass is 79.9. The number of aromatic nitrogens is 3. The van der Waals surface area contributed by atoms with Crippen molar-refractivity contribution in [3.63, 3.8) is 0 Å². The van der Waals surface area contributed by atoms with Crippen LogP contribution in [0.25, 0.3) is 5.52 Å². The lowest BCUT2D eigenvalue weighted by atomic mass is 9.72. The van der Waals surface area contributed by atoms with E-state index in [-0.39, 0.29) is 12.1 Å². The Morgan fingerprint density at radius 1 is 1.71 bits per heavy atom. The molecule has 17 heavy (non-hydrogen) atoms. The van der Waals surface area contributed by atoms with Crippen molar-refractivity contribution in [1.29, 1.82) is 0 Å². The molecule has 2 aromatic heterocycles. The molecule has 0 aromatic carbocycles. The van der Waals surface area contributed by atoms with Crippen molar-refractivity contribution >= 4 is 27.3 Å². The van der Waals surface area contributed by atoms with E-state index in [1.807, 2.05) is 6.92 Å².